The van der Waals surface area contributed by atoms with E-state index in [1.54, 1.807) is 17.6 Å². The summed E-state index contributed by atoms with van der Waals surface area (Å²) in [6.07, 6.45) is 3.17. The van der Waals surface area contributed by atoms with Crippen LogP contribution in [0.25, 0.3) is 0 Å². The number of alkyl halides is 1. The second-order valence-electron chi connectivity index (χ2n) is 2.72. The molecule has 0 radical (unpaired) electrons. The molecule has 0 N–H and O–H groups in total. The molecule has 1 atom stereocenters. The smallest absolute Gasteiger partial charge is 0.180 e. The van der Waals surface area contributed by atoms with Gasteiger partial charge in [-0.2, -0.15) is 0 Å². The first-order chi connectivity index (χ1) is 6.27. The summed E-state index contributed by atoms with van der Waals surface area (Å²) in [5.41, 5.74) is 0.988. The highest BCUT2D eigenvalue weighted by Gasteiger charge is 2.14. The van der Waals surface area contributed by atoms with Gasteiger partial charge >= 0.3 is 0 Å². The largest absolute Gasteiger partial charge is 0.451 e. The van der Waals surface area contributed by atoms with Crippen molar-refractivity contribution >= 4 is 33.9 Å². The molecule has 0 aliphatic rings. The lowest BCUT2D eigenvalue weighted by Gasteiger charge is -2.01. The number of thiophene rings is 1. The van der Waals surface area contributed by atoms with Crippen LogP contribution in [-0.4, -0.2) is 4.98 Å². The number of rotatable bonds is 2. The lowest BCUT2D eigenvalue weighted by Crippen LogP contribution is -1.87. The van der Waals surface area contributed by atoms with E-state index >= 15 is 0 Å². The maximum Gasteiger partial charge on any atom is 0.180 e. The van der Waals surface area contributed by atoms with Gasteiger partial charge in [-0.3, -0.25) is 0 Å². The minimum Gasteiger partial charge on any atom is -0.451 e. The van der Waals surface area contributed by atoms with Crippen molar-refractivity contribution in [3.63, 3.8) is 0 Å². The van der Waals surface area contributed by atoms with Crippen LogP contribution in [0, 0.1) is 6.92 Å². The van der Waals surface area contributed by atoms with Gasteiger partial charge in [-0.05, 0) is 19.1 Å². The zero-order valence-electron chi connectivity index (χ0n) is 7.03. The van der Waals surface area contributed by atoms with Crippen molar-refractivity contribution in [3.05, 3.63) is 40.2 Å². The fraction of sp³-hybridized carbons (Fsp3) is 0.222. The van der Waals surface area contributed by atoms with E-state index < -0.39 is 0 Å². The van der Waals surface area contributed by atoms with E-state index in [0.29, 0.717) is 3.92 Å². The van der Waals surface area contributed by atoms with Gasteiger partial charge in [0.25, 0.3) is 0 Å². The van der Waals surface area contributed by atoms with Crippen LogP contribution in [0.15, 0.2) is 29.2 Å². The number of halogens is 1. The van der Waals surface area contributed by atoms with Crippen LogP contribution in [0.1, 0.15) is 19.4 Å². The molecule has 2 heterocycles. The topological polar surface area (TPSA) is 26.0 Å². The Morgan fingerprint density at radius 2 is 2.38 bits per heavy atom. The van der Waals surface area contributed by atoms with Crippen LogP contribution in [0.2, 0.25) is 0 Å². The number of aryl methyl sites for hydroxylation is 1. The molecule has 0 saturated carbocycles. The Bertz CT molecular complexity index is 382. The molecule has 0 amide bonds. The van der Waals surface area contributed by atoms with Crippen molar-refractivity contribution in [2.45, 2.75) is 10.8 Å². The quantitative estimate of drug-likeness (QED) is 0.626. The van der Waals surface area contributed by atoms with Crippen LogP contribution in [0.3, 0.4) is 0 Å². The fourth-order valence-corrected chi connectivity index (χ4v) is 2.85. The van der Waals surface area contributed by atoms with Crippen molar-refractivity contribution in [1.29, 1.82) is 0 Å². The van der Waals surface area contributed by atoms with E-state index in [2.05, 4.69) is 46.6 Å². The van der Waals surface area contributed by atoms with Gasteiger partial charge in [0.2, 0.25) is 0 Å². The molecule has 1 unspecified atom stereocenters. The maximum absolute atomic E-state index is 4.95. The van der Waals surface area contributed by atoms with E-state index in [0.717, 1.165) is 5.69 Å². The lowest BCUT2D eigenvalue weighted by atomic mass is 10.3. The summed E-state index contributed by atoms with van der Waals surface area (Å²) in [6, 6.07) is 4.28. The molecule has 2 aromatic rings. The van der Waals surface area contributed by atoms with Gasteiger partial charge in [0.05, 0.1) is 9.62 Å². The van der Waals surface area contributed by atoms with E-state index in [4.69, 9.17) is 4.42 Å². The summed E-state index contributed by atoms with van der Waals surface area (Å²) >= 11 is 4.18. The van der Waals surface area contributed by atoms with Crippen molar-refractivity contribution in [3.8, 4) is 0 Å². The van der Waals surface area contributed by atoms with E-state index in [1.807, 2.05) is 0 Å². The third-order valence-corrected chi connectivity index (χ3v) is 4.52. The van der Waals surface area contributed by atoms with Crippen LogP contribution in [0.5, 0.6) is 0 Å². The number of hydrogen-bond donors (Lipinski definition) is 0. The zero-order chi connectivity index (χ0) is 9.26. The van der Waals surface area contributed by atoms with Gasteiger partial charge in [0.15, 0.2) is 6.39 Å². The Balaban J connectivity index is 2.28. The predicted octanol–water partition coefficient (Wildman–Crippen LogP) is 3.57. The number of hydrogen-bond acceptors (Lipinski definition) is 3. The summed E-state index contributed by atoms with van der Waals surface area (Å²) < 4.78 is 5.27. The second kappa shape index (κ2) is 3.79. The molecule has 0 spiro atoms. The Labute approximate surface area is 94.1 Å². The van der Waals surface area contributed by atoms with Crippen LogP contribution in [0.4, 0.5) is 0 Å². The molecule has 0 aliphatic heterocycles. The van der Waals surface area contributed by atoms with Gasteiger partial charge in [-0.1, -0.05) is 22.6 Å². The highest BCUT2D eigenvalue weighted by molar-refractivity contribution is 14.1. The number of oxazole rings is 1. The minimum atomic E-state index is 0.315. The summed E-state index contributed by atoms with van der Waals surface area (Å²) in [5.74, 6) is 0. The molecular weight excluding hydrogens is 297 g/mol. The van der Waals surface area contributed by atoms with E-state index in [1.165, 1.54) is 16.1 Å². The average Bonchev–Trinajstić information content (AvgIpc) is 2.72. The minimum absolute atomic E-state index is 0.315. The Morgan fingerprint density at radius 3 is 2.92 bits per heavy atom. The third-order valence-electron chi connectivity index (χ3n) is 1.72. The van der Waals surface area contributed by atoms with Gasteiger partial charge in [-0.15, -0.1) is 11.3 Å². The van der Waals surface area contributed by atoms with Crippen molar-refractivity contribution < 1.29 is 4.42 Å². The first-order valence-electron chi connectivity index (χ1n) is 3.86. The Hall–Kier alpha value is -0.360. The Morgan fingerprint density at radius 1 is 1.54 bits per heavy atom. The standard InChI is InChI=1S/C9H8INOS/c1-6-2-3-8(13-6)9(10)7-4-12-5-11-7/h2-5,9H,1H3. The molecule has 0 aromatic carbocycles. The highest BCUT2D eigenvalue weighted by atomic mass is 127. The normalized spacial score (nSPS) is 13.1. The lowest BCUT2D eigenvalue weighted by molar-refractivity contribution is 0.556. The molecular formula is C9H8INOS. The zero-order valence-corrected chi connectivity index (χ0v) is 10.0. The van der Waals surface area contributed by atoms with Crippen LogP contribution < -0.4 is 0 Å². The van der Waals surface area contributed by atoms with E-state index in [9.17, 15) is 0 Å². The average molecular weight is 305 g/mol. The number of nitrogens with zero attached hydrogens (tertiary/aromatic N) is 1. The van der Waals surface area contributed by atoms with Gasteiger partial charge in [0.1, 0.15) is 6.26 Å². The molecule has 0 bridgehead atoms. The molecule has 0 saturated heterocycles. The molecule has 0 fully saturated rings. The fourth-order valence-electron chi connectivity index (χ4n) is 1.08. The first kappa shape index (κ1) is 9.21. The first-order valence-corrected chi connectivity index (χ1v) is 5.92. The molecule has 2 nitrogen and oxygen atoms in total. The van der Waals surface area contributed by atoms with Gasteiger partial charge in [0, 0.05) is 9.75 Å². The second-order valence-corrected chi connectivity index (χ2v) is 5.29. The Kier molecular flexibility index (Phi) is 2.69. The van der Waals surface area contributed by atoms with Gasteiger partial charge < -0.3 is 4.42 Å². The van der Waals surface area contributed by atoms with E-state index in [-0.39, 0.29) is 0 Å². The molecule has 2 rings (SSSR count). The summed E-state index contributed by atoms with van der Waals surface area (Å²) in [5, 5.41) is 0. The maximum atomic E-state index is 4.95. The predicted molar refractivity (Wildman–Crippen MR) is 61.4 cm³/mol. The van der Waals surface area contributed by atoms with Crippen molar-refractivity contribution in [2.24, 2.45) is 0 Å². The monoisotopic (exact) mass is 305 g/mol. The third kappa shape index (κ3) is 1.94. The van der Waals surface area contributed by atoms with Gasteiger partial charge in [-0.25, -0.2) is 4.98 Å². The highest BCUT2D eigenvalue weighted by Crippen LogP contribution is 2.34. The molecule has 4 heteroatoms. The molecule has 68 valence electrons. The SMILES string of the molecule is Cc1ccc(C(I)c2cocn2)s1. The molecule has 2 aromatic heterocycles. The van der Waals surface area contributed by atoms with Crippen molar-refractivity contribution in [1.82, 2.24) is 4.98 Å². The summed E-state index contributed by atoms with van der Waals surface area (Å²) in [7, 11) is 0. The summed E-state index contributed by atoms with van der Waals surface area (Å²) in [4.78, 5) is 6.79. The molecule has 13 heavy (non-hydrogen) atoms. The number of aromatic nitrogens is 1. The van der Waals surface area contributed by atoms with Crippen LogP contribution >= 0.6 is 33.9 Å². The molecule has 0 aliphatic carbocycles. The van der Waals surface area contributed by atoms with Crippen molar-refractivity contribution in [2.75, 3.05) is 0 Å². The summed E-state index contributed by atoms with van der Waals surface area (Å²) in [6.45, 7) is 2.11. The van der Waals surface area contributed by atoms with Crippen LogP contribution in [-0.2, 0) is 0 Å².